The predicted molar refractivity (Wildman–Crippen MR) is 96.6 cm³/mol. The Balaban J connectivity index is 3.99. The third-order valence-corrected chi connectivity index (χ3v) is 3.52. The zero-order valence-corrected chi connectivity index (χ0v) is 12.5. The molecule has 0 rings (SSSR count). The fraction of sp³-hybridized carbons (Fsp3) is 1.00. The topological polar surface area (TPSA) is 18.5 Å². The van der Waals surface area contributed by atoms with Gasteiger partial charge in [0.1, 0.15) is 0 Å². The van der Waals surface area contributed by atoms with E-state index >= 15 is 0 Å². The van der Waals surface area contributed by atoms with Crippen LogP contribution in [0.25, 0.3) is 0 Å². The summed E-state index contributed by atoms with van der Waals surface area (Å²) in [6.45, 7) is 18.5. The van der Waals surface area contributed by atoms with Crippen LogP contribution in [0.4, 0.5) is 0 Å². The van der Waals surface area contributed by atoms with Crippen molar-refractivity contribution in [3.63, 3.8) is 0 Å². The SMILES string of the molecule is B#S(=BB=B)OC(C)C(C)OSB=BB=BB=B. The summed E-state index contributed by atoms with van der Waals surface area (Å²) in [5.74, 6) is 0. The van der Waals surface area contributed by atoms with E-state index < -0.39 is 9.84 Å². The molecule has 18 heavy (non-hydrogen) atoms. The molecule has 2 unspecified atom stereocenters. The zero-order valence-electron chi connectivity index (χ0n) is 10.8. The summed E-state index contributed by atoms with van der Waals surface area (Å²) in [6.07, 6.45) is 1.71. The van der Waals surface area contributed by atoms with Crippen molar-refractivity contribution in [2.24, 2.45) is 0 Å². The minimum atomic E-state index is -0.705. The zero-order chi connectivity index (χ0) is 13.8. The van der Waals surface area contributed by atoms with Gasteiger partial charge in [-0.3, -0.25) is 0 Å². The van der Waals surface area contributed by atoms with Crippen molar-refractivity contribution in [2.75, 3.05) is 0 Å². The molecule has 0 fully saturated rings. The second-order valence-electron chi connectivity index (χ2n) is 3.35. The molecule has 80 valence electrons. The summed E-state index contributed by atoms with van der Waals surface area (Å²) in [4.78, 5) is 0. The number of hydrogen-bond donors (Lipinski definition) is 0. The van der Waals surface area contributed by atoms with Gasteiger partial charge in [0, 0.05) is 0 Å². The first kappa shape index (κ1) is 19.1. The summed E-state index contributed by atoms with van der Waals surface area (Å²) in [7, 11) is 6.44. The van der Waals surface area contributed by atoms with Crippen LogP contribution in [0.15, 0.2) is 0 Å². The summed E-state index contributed by atoms with van der Waals surface area (Å²) in [5, 5.41) is 0. The molecule has 0 spiro atoms. The van der Waals surface area contributed by atoms with Crippen LogP contribution < -0.4 is 0 Å². The Hall–Kier alpha value is 1.14. The summed E-state index contributed by atoms with van der Waals surface area (Å²) in [5.41, 5.74) is 0. The Morgan fingerprint density at radius 3 is 2.44 bits per heavy atom. The molecule has 2 atom stereocenters. The summed E-state index contributed by atoms with van der Waals surface area (Å²) in [6, 6.07) is 1.72. The van der Waals surface area contributed by atoms with Gasteiger partial charge in [-0.2, -0.15) is 0 Å². The van der Waals surface area contributed by atoms with Gasteiger partial charge in [0.15, 0.2) is 0 Å². The molecule has 0 N–H and O–H groups in total. The van der Waals surface area contributed by atoms with Gasteiger partial charge in [0.2, 0.25) is 0 Å². The average Bonchev–Trinajstić information content (AvgIpc) is 2.33. The van der Waals surface area contributed by atoms with E-state index in [9.17, 15) is 0 Å². The third kappa shape index (κ3) is 11.0. The Morgan fingerprint density at radius 1 is 1.11 bits per heavy atom. The van der Waals surface area contributed by atoms with Gasteiger partial charge in [-0.05, 0) is 0 Å². The maximum atomic E-state index is 5.72. The van der Waals surface area contributed by atoms with Crippen molar-refractivity contribution >= 4 is 88.6 Å². The molecule has 0 aromatic rings. The average molecular weight is 262 g/mol. The molecule has 0 bridgehead atoms. The second-order valence-corrected chi connectivity index (χ2v) is 5.13. The molecule has 0 aliphatic carbocycles. The molecule has 0 amide bonds. The molecule has 0 saturated carbocycles. The van der Waals surface area contributed by atoms with Gasteiger partial charge in [-0.25, -0.2) is 0 Å². The molecule has 0 aliphatic rings. The number of hydrogen-bond acceptors (Lipinski definition) is 3. The summed E-state index contributed by atoms with van der Waals surface area (Å²) < 4.78 is 11.1. The van der Waals surface area contributed by atoms with Crippen molar-refractivity contribution in [3.05, 3.63) is 0 Å². The van der Waals surface area contributed by atoms with Gasteiger partial charge in [-0.15, -0.1) is 0 Å². The van der Waals surface area contributed by atoms with Crippen molar-refractivity contribution in [2.45, 2.75) is 26.1 Å². The third-order valence-electron chi connectivity index (χ3n) is 1.85. The van der Waals surface area contributed by atoms with Crippen molar-refractivity contribution in [1.82, 2.24) is 0 Å². The quantitative estimate of drug-likeness (QED) is 0.361. The predicted octanol–water partition coefficient (Wildman–Crippen LogP) is -2.32. The first-order valence-electron chi connectivity index (χ1n) is 5.48. The number of rotatable bonds is 8. The van der Waals surface area contributed by atoms with Gasteiger partial charge < -0.3 is 0 Å². The normalized spacial score (nSPS) is 13.3. The molecule has 0 saturated heterocycles. The second kappa shape index (κ2) is 13.1. The van der Waals surface area contributed by atoms with Crippen molar-refractivity contribution < 1.29 is 8.37 Å². The molecule has 2 nitrogen and oxygen atoms in total. The van der Waals surface area contributed by atoms with Crippen LogP contribution in [0.3, 0.4) is 0 Å². The maximum absolute atomic E-state index is 5.72. The van der Waals surface area contributed by atoms with Crippen molar-refractivity contribution in [3.8, 4) is 0 Å². The Kier molecular flexibility index (Phi) is 14.0. The van der Waals surface area contributed by atoms with E-state index in [1.54, 1.807) is 19.4 Å². The van der Waals surface area contributed by atoms with E-state index in [0.29, 0.717) is 0 Å². The fourth-order valence-corrected chi connectivity index (χ4v) is 2.11. The van der Waals surface area contributed by atoms with Crippen molar-refractivity contribution in [1.29, 1.82) is 0 Å². The van der Waals surface area contributed by atoms with Gasteiger partial charge >= 0.3 is 123 Å². The van der Waals surface area contributed by atoms with E-state index in [1.807, 2.05) is 40.0 Å². The van der Waals surface area contributed by atoms with E-state index in [4.69, 9.17) is 14.9 Å². The minimum absolute atomic E-state index is 0.0557. The van der Waals surface area contributed by atoms with Gasteiger partial charge in [-0.1, -0.05) is 0 Å². The van der Waals surface area contributed by atoms with E-state index in [-0.39, 0.29) is 12.2 Å². The van der Waals surface area contributed by atoms with E-state index in [1.165, 1.54) is 11.9 Å². The van der Waals surface area contributed by atoms with E-state index in [0.717, 1.165) is 0 Å². The van der Waals surface area contributed by atoms with E-state index in [2.05, 4.69) is 14.7 Å². The molecular weight excluding hydrogens is 252 g/mol. The Morgan fingerprint density at radius 2 is 1.83 bits per heavy atom. The molecule has 0 heterocycles. The van der Waals surface area contributed by atoms with Crippen LogP contribution in [0.5, 0.6) is 0 Å². The fourth-order valence-electron chi connectivity index (χ4n) is 0.799. The molecule has 14 heteroatoms. The first-order chi connectivity index (χ1) is 8.61. The van der Waals surface area contributed by atoms with Crippen LogP contribution >= 0.6 is 21.7 Å². The molecule has 0 aromatic heterocycles. The molecule has 0 radical (unpaired) electrons. The van der Waals surface area contributed by atoms with Crippen LogP contribution in [0, 0.1) is 0 Å². The Bertz CT molecular complexity index is 442. The monoisotopic (exact) mass is 264 g/mol. The van der Waals surface area contributed by atoms with Gasteiger partial charge in [0.05, 0.1) is 0 Å². The summed E-state index contributed by atoms with van der Waals surface area (Å²) >= 11 is 1.27. The van der Waals surface area contributed by atoms with Crippen LogP contribution in [-0.2, 0) is 8.37 Å². The standard InChI is InChI=1S/C4H10B10O2S2/c1-3(4(2)16-18(7)14-9-6)15-17-13-12-11-10-8-5/h3-6H,1-2H3. The first-order valence-corrected chi connectivity index (χ1v) is 7.56. The van der Waals surface area contributed by atoms with Gasteiger partial charge in [0.25, 0.3) is 0 Å². The molecular formula is C4H10B10O2S2. The van der Waals surface area contributed by atoms with Crippen LogP contribution in [0.2, 0.25) is 0 Å². The Labute approximate surface area is 123 Å². The van der Waals surface area contributed by atoms with Crippen LogP contribution in [-0.4, -0.2) is 79.1 Å². The molecule has 0 aliphatic heterocycles. The molecule has 0 aromatic carbocycles. The van der Waals surface area contributed by atoms with Crippen LogP contribution in [0.1, 0.15) is 13.8 Å².